The van der Waals surface area contributed by atoms with Crippen molar-refractivity contribution in [1.29, 1.82) is 0 Å². The van der Waals surface area contributed by atoms with Crippen molar-refractivity contribution in [3.8, 4) is 0 Å². The molecule has 2 heteroatoms. The molecule has 0 N–H and O–H groups in total. The van der Waals surface area contributed by atoms with Gasteiger partial charge in [0, 0.05) is 0 Å². The third-order valence-corrected chi connectivity index (χ3v) is 6.03. The lowest BCUT2D eigenvalue weighted by Gasteiger charge is -2.20. The molecule has 0 spiro atoms. The average molecular weight is 155 g/mol. The van der Waals surface area contributed by atoms with Crippen LogP contribution in [-0.4, -0.2) is 31.3 Å². The molecule has 0 atom stereocenters. The summed E-state index contributed by atoms with van der Waals surface area (Å²) in [6.07, 6.45) is 2.92. The normalized spacial score (nSPS) is 19.8. The van der Waals surface area contributed by atoms with Gasteiger partial charge in [0.05, 0.1) is 0 Å². The predicted molar refractivity (Wildman–Crippen MR) is 47.5 cm³/mol. The summed E-state index contributed by atoms with van der Waals surface area (Å²) in [6.45, 7) is 7.55. The monoisotopic (exact) mass is 155 g/mol. The Morgan fingerprint density at radius 2 is 1.60 bits per heavy atom. The van der Waals surface area contributed by atoms with E-state index >= 15 is 0 Å². The topological polar surface area (TPSA) is 3.24 Å². The zero-order chi connectivity index (χ0) is 7.40. The Labute approximate surface area is 69.0 Å². The minimum atomic E-state index is -0.411. The molecule has 0 aromatic heterocycles. The van der Waals surface area contributed by atoms with Crippen molar-refractivity contribution in [3.63, 3.8) is 0 Å². The molecule has 0 amide bonds. The van der Waals surface area contributed by atoms with Gasteiger partial charge in [-0.2, -0.15) is 0 Å². The number of hydrogen-bond acceptors (Lipinski definition) is 1. The zero-order valence-corrected chi connectivity index (χ0v) is 8.42. The van der Waals surface area contributed by atoms with Crippen LogP contribution < -0.4 is 0 Å². The Bertz CT molecular complexity index is 85.3. The smallest absolute Gasteiger partial charge is 0.372 e. The van der Waals surface area contributed by atoms with E-state index in [1.54, 1.807) is 0 Å². The first-order chi connectivity index (χ1) is 4.88. The van der Waals surface area contributed by atoms with Gasteiger partial charge in [-0.05, 0) is 25.9 Å². The Hall–Kier alpha value is 0.492. The van der Waals surface area contributed by atoms with E-state index in [0.717, 1.165) is 0 Å². The van der Waals surface area contributed by atoms with E-state index in [0.29, 0.717) is 0 Å². The maximum absolute atomic E-state index is 2.78. The minimum absolute atomic E-state index is 0.411. The van der Waals surface area contributed by atoms with E-state index in [1.807, 2.05) is 0 Å². The van der Waals surface area contributed by atoms with Crippen molar-refractivity contribution in [1.82, 2.24) is 3.88 Å². The molecule has 0 aromatic rings. The largest absolute Gasteiger partial charge is 0.385 e. The molecule has 1 aliphatic rings. The summed E-state index contributed by atoms with van der Waals surface area (Å²) in [4.78, 5) is 0. The van der Waals surface area contributed by atoms with Gasteiger partial charge in [-0.25, -0.2) is 0 Å². The van der Waals surface area contributed by atoms with Crippen molar-refractivity contribution in [2.24, 2.45) is 0 Å². The number of rotatable bonds is 3. The lowest BCUT2D eigenvalue weighted by Crippen LogP contribution is -2.35. The molecule has 0 aliphatic carbocycles. The molecule has 58 valence electrons. The first-order valence-electron chi connectivity index (χ1n) is 4.62. The Morgan fingerprint density at radius 3 is 2.00 bits per heavy atom. The molecule has 1 heterocycles. The zero-order valence-electron chi connectivity index (χ0n) is 7.27. The molecule has 0 bridgehead atoms. The third-order valence-electron chi connectivity index (χ3n) is 2.60. The molecule has 1 aliphatic heterocycles. The lowest BCUT2D eigenvalue weighted by atomic mass is 10.4. The van der Waals surface area contributed by atoms with Gasteiger partial charge in [-0.1, -0.05) is 24.4 Å². The fraction of sp³-hybridized carbons (Fsp3) is 1.00. The first-order valence-corrected chi connectivity index (χ1v) is 6.77. The van der Waals surface area contributed by atoms with E-state index in [4.69, 9.17) is 0 Å². The van der Waals surface area contributed by atoms with Crippen molar-refractivity contribution in [2.75, 3.05) is 13.1 Å². The summed E-state index contributed by atoms with van der Waals surface area (Å²) in [5, 5.41) is 2.94. The van der Waals surface area contributed by atoms with Crippen LogP contribution in [0, 0.1) is 0 Å². The Kier molecular flexibility index (Phi) is 3.77. The van der Waals surface area contributed by atoms with Crippen LogP contribution in [0.15, 0.2) is 0 Å². The van der Waals surface area contributed by atoms with Gasteiger partial charge < -0.3 is 3.88 Å². The summed E-state index contributed by atoms with van der Waals surface area (Å²) >= 11 is -0.411. The van der Waals surface area contributed by atoms with Gasteiger partial charge in [-0.15, -0.1) is 0 Å². The van der Waals surface area contributed by atoms with Gasteiger partial charge in [0.2, 0.25) is 0 Å². The van der Waals surface area contributed by atoms with E-state index in [-0.39, 0.29) is 0 Å². The molecule has 0 unspecified atom stereocenters. The summed E-state index contributed by atoms with van der Waals surface area (Å²) in [6, 6.07) is 0. The Balaban J connectivity index is 2.29. The van der Waals surface area contributed by atoms with E-state index in [9.17, 15) is 0 Å². The Morgan fingerprint density at radius 1 is 1.10 bits per heavy atom. The number of hydrogen-bond donors (Lipinski definition) is 0. The van der Waals surface area contributed by atoms with Crippen LogP contribution in [0.2, 0.25) is 10.6 Å². The van der Waals surface area contributed by atoms with Crippen molar-refractivity contribution in [3.05, 3.63) is 0 Å². The van der Waals surface area contributed by atoms with Gasteiger partial charge in [0.15, 0.2) is 0 Å². The molecule has 1 nitrogen and oxygen atoms in total. The van der Waals surface area contributed by atoms with Crippen molar-refractivity contribution < 1.29 is 0 Å². The molecule has 1 saturated heterocycles. The third kappa shape index (κ3) is 1.99. The minimum Gasteiger partial charge on any atom is -0.385 e. The van der Waals surface area contributed by atoms with Crippen molar-refractivity contribution in [2.45, 2.75) is 37.3 Å². The second-order valence-corrected chi connectivity index (χ2v) is 6.88. The van der Waals surface area contributed by atoms with Crippen LogP contribution in [0.1, 0.15) is 26.7 Å². The van der Waals surface area contributed by atoms with E-state index < -0.39 is 14.4 Å². The van der Waals surface area contributed by atoms with Crippen LogP contribution in [-0.2, 0) is 0 Å². The second kappa shape index (κ2) is 4.39. The summed E-state index contributed by atoms with van der Waals surface area (Å²) < 4.78 is 2.78. The molecular weight excluding hydrogens is 137 g/mol. The molecule has 10 heavy (non-hydrogen) atoms. The highest BCUT2D eigenvalue weighted by Gasteiger charge is 2.24. The summed E-state index contributed by atoms with van der Waals surface area (Å²) in [5.74, 6) is 0. The van der Waals surface area contributed by atoms with Crippen LogP contribution in [0.3, 0.4) is 0 Å². The second-order valence-electron chi connectivity index (χ2n) is 3.21. The number of nitrogens with zero attached hydrogens (tertiary/aromatic N) is 1. The first kappa shape index (κ1) is 8.59. The van der Waals surface area contributed by atoms with E-state index in [2.05, 4.69) is 17.7 Å². The van der Waals surface area contributed by atoms with Crippen LogP contribution in [0.4, 0.5) is 0 Å². The molecule has 1 fully saturated rings. The highest BCUT2D eigenvalue weighted by Crippen LogP contribution is 2.13. The molecule has 0 radical (unpaired) electrons. The standard InChI is InChI=1S/C4H8N.2C2H5.Al/c1-2-4-5-3-1;2*1-2;/h1-4H2;2*1H2,2H3;/q-1;;;+1. The average Bonchev–Trinajstić information content (AvgIpc) is 2.43. The highest BCUT2D eigenvalue weighted by molar-refractivity contribution is 6.55. The lowest BCUT2D eigenvalue weighted by molar-refractivity contribution is 0.531. The predicted octanol–water partition coefficient (Wildman–Crippen LogP) is 2.11. The van der Waals surface area contributed by atoms with Crippen LogP contribution >= 0.6 is 0 Å². The van der Waals surface area contributed by atoms with Gasteiger partial charge in [-0.3, -0.25) is 0 Å². The molecule has 0 aromatic carbocycles. The van der Waals surface area contributed by atoms with Crippen LogP contribution in [0.5, 0.6) is 0 Å². The van der Waals surface area contributed by atoms with Gasteiger partial charge >= 0.3 is 14.4 Å². The maximum Gasteiger partial charge on any atom is 0.372 e. The van der Waals surface area contributed by atoms with E-state index in [1.165, 1.54) is 36.5 Å². The van der Waals surface area contributed by atoms with Gasteiger partial charge in [0.1, 0.15) is 0 Å². The van der Waals surface area contributed by atoms with Crippen LogP contribution in [0.25, 0.3) is 0 Å². The van der Waals surface area contributed by atoms with Crippen molar-refractivity contribution >= 4 is 14.4 Å². The maximum atomic E-state index is 2.78. The fourth-order valence-electron chi connectivity index (χ4n) is 1.91. The SMILES string of the molecule is C[CH2][Al]([CH2]C)[N]1CCCC1. The molecule has 0 saturated carbocycles. The van der Waals surface area contributed by atoms with Gasteiger partial charge in [0.25, 0.3) is 0 Å². The quantitative estimate of drug-likeness (QED) is 0.564. The molecule has 1 rings (SSSR count). The fourth-order valence-corrected chi connectivity index (χ4v) is 4.62. The highest BCUT2D eigenvalue weighted by atomic mass is 27.2. The summed E-state index contributed by atoms with van der Waals surface area (Å²) in [7, 11) is 0. The molecular formula is C8H18AlN. The summed E-state index contributed by atoms with van der Waals surface area (Å²) in [5.41, 5.74) is 0.